The molecule has 1 aliphatic carbocycles. The van der Waals surface area contributed by atoms with Crippen molar-refractivity contribution in [1.82, 2.24) is 4.90 Å². The van der Waals surface area contributed by atoms with Gasteiger partial charge < -0.3 is 9.64 Å². The highest BCUT2D eigenvalue weighted by Gasteiger charge is 2.22. The van der Waals surface area contributed by atoms with Crippen LogP contribution in [0.5, 0.6) is 5.75 Å². The number of carbonyl (C=O) groups is 2. The highest BCUT2D eigenvalue weighted by Crippen LogP contribution is 2.27. The van der Waals surface area contributed by atoms with E-state index in [1.54, 1.807) is 11.0 Å². The van der Waals surface area contributed by atoms with E-state index in [0.29, 0.717) is 17.4 Å². The third-order valence-electron chi connectivity index (χ3n) is 4.92. The van der Waals surface area contributed by atoms with Gasteiger partial charge in [-0.2, -0.15) is 0 Å². The van der Waals surface area contributed by atoms with Gasteiger partial charge in [-0.05, 0) is 29.7 Å². The molecular weight excluding hydrogens is 302 g/mol. The van der Waals surface area contributed by atoms with E-state index in [9.17, 15) is 9.59 Å². The molecule has 0 heterocycles. The predicted molar refractivity (Wildman–Crippen MR) is 94.5 cm³/mol. The predicted octanol–water partition coefficient (Wildman–Crippen LogP) is 3.82. The fourth-order valence-corrected chi connectivity index (χ4v) is 3.44. The molecule has 4 heteroatoms. The first-order valence-electron chi connectivity index (χ1n) is 8.56. The Balaban J connectivity index is 1.70. The van der Waals surface area contributed by atoms with Crippen molar-refractivity contribution in [3.63, 3.8) is 0 Å². The van der Waals surface area contributed by atoms with Crippen molar-refractivity contribution in [1.29, 1.82) is 0 Å². The minimum absolute atomic E-state index is 0.0353. The molecule has 0 spiro atoms. The summed E-state index contributed by atoms with van der Waals surface area (Å²) in [6.07, 6.45) is 6.56. The van der Waals surface area contributed by atoms with Gasteiger partial charge in [0.1, 0.15) is 5.75 Å². The van der Waals surface area contributed by atoms with Crippen LogP contribution >= 0.6 is 0 Å². The van der Waals surface area contributed by atoms with E-state index >= 15 is 0 Å². The molecule has 0 unspecified atom stereocenters. The van der Waals surface area contributed by atoms with Crippen molar-refractivity contribution >= 4 is 23.0 Å². The van der Waals surface area contributed by atoms with Crippen LogP contribution in [0.15, 0.2) is 36.4 Å². The summed E-state index contributed by atoms with van der Waals surface area (Å²) in [6, 6.07) is 11.7. The molecule has 2 aromatic rings. The second-order valence-corrected chi connectivity index (χ2v) is 6.40. The summed E-state index contributed by atoms with van der Waals surface area (Å²) >= 11 is 0. The third-order valence-corrected chi connectivity index (χ3v) is 4.92. The first-order chi connectivity index (χ1) is 11.7. The van der Waals surface area contributed by atoms with Crippen molar-refractivity contribution in [3.8, 4) is 5.75 Å². The molecule has 1 aliphatic rings. The lowest BCUT2D eigenvalue weighted by atomic mass is 9.94. The molecule has 3 rings (SSSR count). The molecule has 1 amide bonds. The Kier molecular flexibility index (Phi) is 5.14. The summed E-state index contributed by atoms with van der Waals surface area (Å²) in [5.41, 5.74) is 0.501. The maximum absolute atomic E-state index is 12.4. The molecule has 0 bridgehead atoms. The Morgan fingerprint density at radius 3 is 2.67 bits per heavy atom. The van der Waals surface area contributed by atoms with E-state index in [-0.39, 0.29) is 12.5 Å². The lowest BCUT2D eigenvalue weighted by Crippen LogP contribution is -2.40. The number of hydrogen-bond donors (Lipinski definition) is 0. The van der Waals surface area contributed by atoms with Crippen LogP contribution in [0.25, 0.3) is 10.8 Å². The van der Waals surface area contributed by atoms with E-state index in [2.05, 4.69) is 0 Å². The fourth-order valence-electron chi connectivity index (χ4n) is 3.44. The topological polar surface area (TPSA) is 46.6 Å². The van der Waals surface area contributed by atoms with Gasteiger partial charge >= 0.3 is 0 Å². The number of likely N-dealkylation sites (N-methyl/N-ethyl adjacent to an activating group) is 1. The van der Waals surface area contributed by atoms with Crippen LogP contribution in [-0.4, -0.2) is 36.8 Å². The number of nitrogens with zero attached hydrogens (tertiary/aromatic N) is 1. The van der Waals surface area contributed by atoms with E-state index in [0.717, 1.165) is 29.9 Å². The van der Waals surface area contributed by atoms with E-state index in [4.69, 9.17) is 4.74 Å². The molecule has 24 heavy (non-hydrogen) atoms. The van der Waals surface area contributed by atoms with Gasteiger partial charge in [0.2, 0.25) is 0 Å². The summed E-state index contributed by atoms with van der Waals surface area (Å²) in [6.45, 7) is -0.0355. The van der Waals surface area contributed by atoms with Crippen LogP contribution in [-0.2, 0) is 4.79 Å². The minimum atomic E-state index is -0.0355. The summed E-state index contributed by atoms with van der Waals surface area (Å²) in [5.74, 6) is 0.431. The fraction of sp³-hybridized carbons (Fsp3) is 0.400. The smallest absolute Gasteiger partial charge is 0.260 e. The highest BCUT2D eigenvalue weighted by atomic mass is 16.5. The van der Waals surface area contributed by atoms with Gasteiger partial charge in [0.25, 0.3) is 5.91 Å². The van der Waals surface area contributed by atoms with E-state index < -0.39 is 0 Å². The molecule has 2 aromatic carbocycles. The largest absolute Gasteiger partial charge is 0.483 e. The van der Waals surface area contributed by atoms with Crippen LogP contribution in [0.3, 0.4) is 0 Å². The lowest BCUT2D eigenvalue weighted by molar-refractivity contribution is -0.134. The maximum Gasteiger partial charge on any atom is 0.260 e. The summed E-state index contributed by atoms with van der Waals surface area (Å²) in [7, 11) is 1.85. The second kappa shape index (κ2) is 7.47. The number of hydrogen-bond acceptors (Lipinski definition) is 3. The van der Waals surface area contributed by atoms with Gasteiger partial charge in [-0.3, -0.25) is 9.59 Å². The summed E-state index contributed by atoms with van der Waals surface area (Å²) in [4.78, 5) is 25.7. The number of ether oxygens (including phenoxy) is 1. The van der Waals surface area contributed by atoms with Crippen molar-refractivity contribution in [2.24, 2.45) is 0 Å². The van der Waals surface area contributed by atoms with E-state index in [1.165, 1.54) is 19.3 Å². The zero-order valence-corrected chi connectivity index (χ0v) is 14.0. The second-order valence-electron chi connectivity index (χ2n) is 6.40. The number of benzene rings is 2. The number of carbonyl (C=O) groups excluding carboxylic acids is 2. The summed E-state index contributed by atoms with van der Waals surface area (Å²) < 4.78 is 5.69. The average Bonchev–Trinajstić information content (AvgIpc) is 2.65. The molecule has 0 N–H and O–H groups in total. The highest BCUT2D eigenvalue weighted by molar-refractivity contribution is 6.00. The zero-order valence-electron chi connectivity index (χ0n) is 14.0. The normalized spacial score (nSPS) is 15.2. The Labute approximate surface area is 142 Å². The Hall–Kier alpha value is -2.36. The van der Waals surface area contributed by atoms with Crippen LogP contribution in [0.4, 0.5) is 0 Å². The molecule has 0 atom stereocenters. The van der Waals surface area contributed by atoms with Gasteiger partial charge in [0.05, 0.1) is 5.56 Å². The van der Waals surface area contributed by atoms with Crippen LogP contribution < -0.4 is 4.74 Å². The minimum Gasteiger partial charge on any atom is -0.483 e. The first-order valence-corrected chi connectivity index (χ1v) is 8.56. The van der Waals surface area contributed by atoms with Gasteiger partial charge in [0, 0.05) is 13.1 Å². The van der Waals surface area contributed by atoms with Crippen LogP contribution in [0.1, 0.15) is 42.5 Å². The molecule has 0 aromatic heterocycles. The van der Waals surface area contributed by atoms with Gasteiger partial charge in [0.15, 0.2) is 12.9 Å². The first kappa shape index (κ1) is 16.5. The van der Waals surface area contributed by atoms with Crippen molar-refractivity contribution in [3.05, 3.63) is 42.0 Å². The number of rotatable bonds is 5. The molecule has 0 aliphatic heterocycles. The monoisotopic (exact) mass is 325 g/mol. The van der Waals surface area contributed by atoms with Gasteiger partial charge in [-0.1, -0.05) is 49.6 Å². The molecular formula is C20H23NO3. The third kappa shape index (κ3) is 3.42. The molecule has 126 valence electrons. The number of amides is 1. The average molecular weight is 325 g/mol. The Morgan fingerprint density at radius 2 is 1.92 bits per heavy atom. The number of aldehydes is 1. The molecule has 1 fully saturated rings. The zero-order chi connectivity index (χ0) is 16.9. The SMILES string of the molecule is CN(C(=O)COc1ccc2ccccc2c1C=O)C1CCCCC1. The van der Waals surface area contributed by atoms with Crippen molar-refractivity contribution < 1.29 is 14.3 Å². The molecule has 0 radical (unpaired) electrons. The van der Waals surface area contributed by atoms with Gasteiger partial charge in [-0.25, -0.2) is 0 Å². The Bertz CT molecular complexity index is 735. The molecule has 1 saturated carbocycles. The molecule has 0 saturated heterocycles. The summed E-state index contributed by atoms with van der Waals surface area (Å²) in [5, 5.41) is 1.83. The van der Waals surface area contributed by atoms with E-state index in [1.807, 2.05) is 37.4 Å². The number of fused-ring (bicyclic) bond motifs is 1. The lowest BCUT2D eigenvalue weighted by Gasteiger charge is -2.31. The van der Waals surface area contributed by atoms with Crippen LogP contribution in [0.2, 0.25) is 0 Å². The maximum atomic E-state index is 12.4. The van der Waals surface area contributed by atoms with Gasteiger partial charge in [-0.15, -0.1) is 0 Å². The van der Waals surface area contributed by atoms with Crippen molar-refractivity contribution in [2.75, 3.05) is 13.7 Å². The Morgan fingerprint density at radius 1 is 1.17 bits per heavy atom. The molecule has 4 nitrogen and oxygen atoms in total. The standard InChI is InChI=1S/C20H23NO3/c1-21(16-8-3-2-4-9-16)20(23)14-24-19-12-11-15-7-5-6-10-17(15)18(19)13-22/h5-7,10-13,16H,2-4,8-9,14H2,1H3. The van der Waals surface area contributed by atoms with Crippen molar-refractivity contribution in [2.45, 2.75) is 38.1 Å². The quantitative estimate of drug-likeness (QED) is 0.785. The van der Waals surface area contributed by atoms with Crippen LogP contribution in [0, 0.1) is 0 Å².